The van der Waals surface area contributed by atoms with Gasteiger partial charge in [-0.1, -0.05) is 56.1 Å². The van der Waals surface area contributed by atoms with Gasteiger partial charge >= 0.3 is 0 Å². The summed E-state index contributed by atoms with van der Waals surface area (Å²) in [5.41, 5.74) is 1.43. The molecule has 0 N–H and O–H groups in total. The molecule has 1 aromatic carbocycles. The second-order valence-corrected chi connectivity index (χ2v) is 5.69. The first-order chi connectivity index (χ1) is 8.18. The fourth-order valence-corrected chi connectivity index (χ4v) is 2.79. The topological polar surface area (TPSA) is 30.0 Å². The Bertz CT molecular complexity index is 664. The molecule has 1 heterocycles. The van der Waals surface area contributed by atoms with Crippen molar-refractivity contribution in [3.8, 4) is 0 Å². The Morgan fingerprint density at radius 3 is 2.82 bits per heavy atom. The molecule has 0 bridgehead atoms. The lowest BCUT2D eigenvalue weighted by atomic mass is 9.95. The van der Waals surface area contributed by atoms with Crippen molar-refractivity contribution in [2.45, 2.75) is 4.83 Å². The van der Waals surface area contributed by atoms with Gasteiger partial charge in [0.1, 0.15) is 4.83 Å². The SMILES string of the molecule is O=C1c2c(ncc3ccccc23)C=C(Br)C1Br. The number of pyridine rings is 1. The van der Waals surface area contributed by atoms with Gasteiger partial charge in [-0.2, -0.15) is 0 Å². The van der Waals surface area contributed by atoms with E-state index in [0.717, 1.165) is 20.9 Å². The summed E-state index contributed by atoms with van der Waals surface area (Å²) in [7, 11) is 0. The highest BCUT2D eigenvalue weighted by molar-refractivity contribution is 9.14. The van der Waals surface area contributed by atoms with Crippen LogP contribution in [-0.2, 0) is 0 Å². The molecule has 0 saturated carbocycles. The lowest BCUT2D eigenvalue weighted by Crippen LogP contribution is -2.20. The lowest BCUT2D eigenvalue weighted by Gasteiger charge is -2.17. The molecule has 0 fully saturated rings. The van der Waals surface area contributed by atoms with Crippen molar-refractivity contribution in [2.75, 3.05) is 0 Å². The third kappa shape index (κ3) is 1.67. The van der Waals surface area contributed by atoms with Crippen LogP contribution < -0.4 is 0 Å². The van der Waals surface area contributed by atoms with Gasteiger partial charge in [-0.3, -0.25) is 9.78 Å². The summed E-state index contributed by atoms with van der Waals surface area (Å²) < 4.78 is 0.817. The minimum atomic E-state index is -0.303. The number of aromatic nitrogens is 1. The quantitative estimate of drug-likeness (QED) is 0.672. The number of Topliss-reactive ketones (excluding diaryl/α,β-unsaturated/α-hetero) is 1. The van der Waals surface area contributed by atoms with E-state index in [1.54, 1.807) is 6.20 Å². The number of hydrogen-bond acceptors (Lipinski definition) is 2. The maximum absolute atomic E-state index is 12.3. The zero-order valence-electron chi connectivity index (χ0n) is 8.65. The molecule has 0 spiro atoms. The molecule has 0 saturated heterocycles. The molecule has 17 heavy (non-hydrogen) atoms. The van der Waals surface area contributed by atoms with E-state index in [2.05, 4.69) is 36.8 Å². The van der Waals surface area contributed by atoms with Gasteiger partial charge in [-0.05, 0) is 11.5 Å². The van der Waals surface area contributed by atoms with Gasteiger partial charge in [0.15, 0.2) is 5.78 Å². The number of halogens is 2. The van der Waals surface area contributed by atoms with Gasteiger partial charge in [0.2, 0.25) is 0 Å². The molecule has 1 aliphatic carbocycles. The molecule has 1 unspecified atom stereocenters. The minimum Gasteiger partial charge on any atom is -0.292 e. The number of rotatable bonds is 0. The van der Waals surface area contributed by atoms with Crippen LogP contribution in [0.25, 0.3) is 16.8 Å². The third-order valence-corrected chi connectivity index (χ3v) is 5.03. The molecule has 2 aromatic rings. The van der Waals surface area contributed by atoms with Crippen molar-refractivity contribution in [3.63, 3.8) is 0 Å². The Kier molecular flexibility index (Phi) is 2.64. The van der Waals surface area contributed by atoms with Crippen LogP contribution in [0.4, 0.5) is 0 Å². The van der Waals surface area contributed by atoms with Crippen molar-refractivity contribution in [1.82, 2.24) is 4.98 Å². The van der Waals surface area contributed by atoms with Crippen LogP contribution in [0.5, 0.6) is 0 Å². The number of fused-ring (bicyclic) bond motifs is 3. The molecule has 1 atom stereocenters. The first-order valence-electron chi connectivity index (χ1n) is 5.11. The van der Waals surface area contributed by atoms with E-state index in [4.69, 9.17) is 0 Å². The summed E-state index contributed by atoms with van der Waals surface area (Å²) in [5.74, 6) is 0.0543. The molecular weight excluding hydrogens is 346 g/mol. The van der Waals surface area contributed by atoms with Crippen molar-refractivity contribution in [3.05, 3.63) is 46.2 Å². The van der Waals surface area contributed by atoms with E-state index in [-0.39, 0.29) is 10.6 Å². The maximum atomic E-state index is 12.3. The van der Waals surface area contributed by atoms with E-state index in [1.807, 2.05) is 30.3 Å². The van der Waals surface area contributed by atoms with E-state index in [9.17, 15) is 4.79 Å². The molecular formula is C13H7Br2NO. The average molecular weight is 353 g/mol. The summed E-state index contributed by atoms with van der Waals surface area (Å²) in [6.07, 6.45) is 3.69. The molecule has 84 valence electrons. The van der Waals surface area contributed by atoms with Gasteiger partial charge in [0, 0.05) is 16.1 Å². The minimum absolute atomic E-state index is 0.0543. The fraction of sp³-hybridized carbons (Fsp3) is 0.0769. The highest BCUT2D eigenvalue weighted by Gasteiger charge is 2.28. The van der Waals surface area contributed by atoms with Crippen molar-refractivity contribution in [2.24, 2.45) is 0 Å². The van der Waals surface area contributed by atoms with Crippen LogP contribution in [0.2, 0.25) is 0 Å². The number of hydrogen-bond donors (Lipinski definition) is 0. The Morgan fingerprint density at radius 1 is 1.24 bits per heavy atom. The highest BCUT2D eigenvalue weighted by atomic mass is 79.9. The van der Waals surface area contributed by atoms with Crippen molar-refractivity contribution >= 4 is 54.5 Å². The number of alkyl halides is 1. The normalized spacial score (nSPS) is 19.1. The van der Waals surface area contributed by atoms with Crippen LogP contribution in [0.1, 0.15) is 16.1 Å². The summed E-state index contributed by atoms with van der Waals surface area (Å²) in [5, 5.41) is 1.95. The highest BCUT2D eigenvalue weighted by Crippen LogP contribution is 2.34. The molecule has 1 aromatic heterocycles. The second kappa shape index (κ2) is 4.03. The van der Waals surface area contributed by atoms with Gasteiger partial charge in [-0.25, -0.2) is 0 Å². The predicted molar refractivity (Wildman–Crippen MR) is 75.7 cm³/mol. The summed E-state index contributed by atoms with van der Waals surface area (Å²) in [4.78, 5) is 16.3. The Hall–Kier alpha value is -1.000. The van der Waals surface area contributed by atoms with Gasteiger partial charge in [0.05, 0.1) is 11.3 Å². The third-order valence-electron chi connectivity index (χ3n) is 2.82. The predicted octanol–water partition coefficient (Wildman–Crippen LogP) is 3.93. The van der Waals surface area contributed by atoms with E-state index >= 15 is 0 Å². The summed E-state index contributed by atoms with van der Waals surface area (Å²) in [6.45, 7) is 0. The van der Waals surface area contributed by atoms with Crippen molar-refractivity contribution in [1.29, 1.82) is 0 Å². The number of allylic oxidation sites excluding steroid dienone is 1. The first kappa shape index (κ1) is 11.1. The van der Waals surface area contributed by atoms with Crippen molar-refractivity contribution < 1.29 is 4.79 Å². The fourth-order valence-electron chi connectivity index (χ4n) is 2.00. The molecule has 2 nitrogen and oxygen atoms in total. The second-order valence-electron chi connectivity index (χ2n) is 3.86. The van der Waals surface area contributed by atoms with E-state index in [0.29, 0.717) is 5.56 Å². The smallest absolute Gasteiger partial charge is 0.184 e. The summed E-state index contributed by atoms with van der Waals surface area (Å²) >= 11 is 6.76. The van der Waals surface area contributed by atoms with E-state index < -0.39 is 0 Å². The zero-order valence-corrected chi connectivity index (χ0v) is 11.8. The van der Waals surface area contributed by atoms with Crippen LogP contribution in [0.3, 0.4) is 0 Å². The number of nitrogens with zero attached hydrogens (tertiary/aromatic N) is 1. The summed E-state index contributed by atoms with van der Waals surface area (Å²) in [6, 6.07) is 7.81. The van der Waals surface area contributed by atoms with Crippen LogP contribution in [0.15, 0.2) is 34.9 Å². The monoisotopic (exact) mass is 351 g/mol. The number of ketones is 1. The Morgan fingerprint density at radius 2 is 2.00 bits per heavy atom. The molecule has 3 rings (SSSR count). The maximum Gasteiger partial charge on any atom is 0.184 e. The molecule has 0 radical (unpaired) electrons. The Labute approximate surface area is 115 Å². The number of benzene rings is 1. The van der Waals surface area contributed by atoms with Crippen LogP contribution in [0, 0.1) is 0 Å². The number of carbonyl (C=O) groups is 1. The van der Waals surface area contributed by atoms with Crippen LogP contribution >= 0.6 is 31.9 Å². The molecule has 4 heteroatoms. The van der Waals surface area contributed by atoms with Crippen LogP contribution in [-0.4, -0.2) is 15.6 Å². The first-order valence-corrected chi connectivity index (χ1v) is 6.82. The molecule has 0 amide bonds. The Balaban J connectivity index is 2.41. The van der Waals surface area contributed by atoms with E-state index in [1.165, 1.54) is 0 Å². The average Bonchev–Trinajstić information content (AvgIpc) is 2.35. The van der Waals surface area contributed by atoms with Gasteiger partial charge in [-0.15, -0.1) is 0 Å². The van der Waals surface area contributed by atoms with Gasteiger partial charge < -0.3 is 0 Å². The molecule has 0 aliphatic heterocycles. The zero-order chi connectivity index (χ0) is 12.0. The number of carbonyl (C=O) groups excluding carboxylic acids is 1. The lowest BCUT2D eigenvalue weighted by molar-refractivity contribution is 0.100. The molecule has 1 aliphatic rings. The largest absolute Gasteiger partial charge is 0.292 e. The standard InChI is InChI=1S/C13H7Br2NO/c14-9-5-10-11(13(17)12(9)15)8-4-2-1-3-7(8)6-16-10/h1-6,12H. The van der Waals surface area contributed by atoms with Gasteiger partial charge in [0.25, 0.3) is 0 Å².